The lowest BCUT2D eigenvalue weighted by Crippen LogP contribution is -2.16. The summed E-state index contributed by atoms with van der Waals surface area (Å²) in [5.74, 6) is 0.412. The summed E-state index contributed by atoms with van der Waals surface area (Å²) >= 11 is 5.78. The van der Waals surface area contributed by atoms with Gasteiger partial charge in [0.15, 0.2) is 11.5 Å². The number of aliphatic hydroxyl groups is 1. The van der Waals surface area contributed by atoms with Crippen molar-refractivity contribution >= 4 is 17.2 Å². The molecule has 0 aromatic carbocycles. The predicted molar refractivity (Wildman–Crippen MR) is 52.0 cm³/mol. The molecule has 1 atom stereocenters. The molecule has 14 heavy (non-hydrogen) atoms. The maximum atomic E-state index is 8.83. The van der Waals surface area contributed by atoms with Crippen LogP contribution in [0.3, 0.4) is 0 Å². The van der Waals surface area contributed by atoms with Crippen LogP contribution in [0.4, 0.5) is 0 Å². The Kier molecular flexibility index (Phi) is 2.37. The molecule has 3 N–H and O–H groups in total. The van der Waals surface area contributed by atoms with Crippen LogP contribution < -0.4 is 5.73 Å². The van der Waals surface area contributed by atoms with Gasteiger partial charge < -0.3 is 10.8 Å². The van der Waals surface area contributed by atoms with Crippen LogP contribution in [-0.2, 0) is 0 Å². The third-order valence-corrected chi connectivity index (χ3v) is 2.08. The Morgan fingerprint density at radius 2 is 2.43 bits per heavy atom. The fourth-order valence-corrected chi connectivity index (χ4v) is 1.27. The summed E-state index contributed by atoms with van der Waals surface area (Å²) in [5.41, 5.74) is 6.20. The van der Waals surface area contributed by atoms with Crippen LogP contribution in [0, 0.1) is 0 Å². The van der Waals surface area contributed by atoms with Gasteiger partial charge in [0.25, 0.3) is 0 Å². The number of nitrogens with zero attached hydrogens (tertiary/aromatic N) is 3. The van der Waals surface area contributed by atoms with E-state index in [4.69, 9.17) is 22.4 Å². The van der Waals surface area contributed by atoms with Gasteiger partial charge >= 0.3 is 0 Å². The van der Waals surface area contributed by atoms with E-state index in [1.165, 1.54) is 0 Å². The molecule has 0 radical (unpaired) electrons. The molecule has 0 saturated carbocycles. The van der Waals surface area contributed by atoms with E-state index in [1.54, 1.807) is 22.8 Å². The third kappa shape index (κ3) is 1.57. The van der Waals surface area contributed by atoms with Crippen molar-refractivity contribution in [3.05, 3.63) is 29.2 Å². The molecule has 2 aromatic rings. The van der Waals surface area contributed by atoms with E-state index in [9.17, 15) is 0 Å². The highest BCUT2D eigenvalue weighted by Crippen LogP contribution is 2.12. The smallest absolute Gasteiger partial charge is 0.170 e. The zero-order valence-corrected chi connectivity index (χ0v) is 8.02. The lowest BCUT2D eigenvalue weighted by Gasteiger charge is -1.99. The molecule has 5 nitrogen and oxygen atoms in total. The minimum atomic E-state index is -0.548. The zero-order valence-electron chi connectivity index (χ0n) is 7.26. The lowest BCUT2D eigenvalue weighted by molar-refractivity contribution is 0.263. The number of nitrogens with two attached hydrogens (primary N) is 1. The van der Waals surface area contributed by atoms with Crippen molar-refractivity contribution in [1.82, 2.24) is 14.6 Å². The Morgan fingerprint density at radius 3 is 3.14 bits per heavy atom. The zero-order chi connectivity index (χ0) is 10.1. The number of hydrogen-bond donors (Lipinski definition) is 2. The molecule has 0 amide bonds. The average Bonchev–Trinajstić information content (AvgIpc) is 2.59. The molecule has 0 aliphatic carbocycles. The van der Waals surface area contributed by atoms with E-state index in [0.717, 1.165) is 0 Å². The topological polar surface area (TPSA) is 76.4 Å². The Hall–Kier alpha value is -1.17. The van der Waals surface area contributed by atoms with Gasteiger partial charge in [-0.1, -0.05) is 11.6 Å². The van der Waals surface area contributed by atoms with Gasteiger partial charge in [0.1, 0.15) is 0 Å². The monoisotopic (exact) mass is 212 g/mol. The van der Waals surface area contributed by atoms with Crippen molar-refractivity contribution in [1.29, 1.82) is 0 Å². The van der Waals surface area contributed by atoms with Crippen LogP contribution >= 0.6 is 11.6 Å². The molecule has 6 heteroatoms. The van der Waals surface area contributed by atoms with Crippen molar-refractivity contribution in [2.24, 2.45) is 5.73 Å². The molecular formula is C8H9ClN4O. The molecule has 0 fully saturated rings. The second kappa shape index (κ2) is 3.53. The number of hydrogen-bond acceptors (Lipinski definition) is 4. The summed E-state index contributed by atoms with van der Waals surface area (Å²) in [4.78, 5) is 4.13. The van der Waals surface area contributed by atoms with Gasteiger partial charge in [-0.15, -0.1) is 5.10 Å². The third-order valence-electron chi connectivity index (χ3n) is 1.84. The molecule has 0 aliphatic rings. The number of fused-ring (bicyclic) bond motifs is 1. The van der Waals surface area contributed by atoms with Crippen LogP contribution in [0.25, 0.3) is 5.65 Å². The minimum Gasteiger partial charge on any atom is -0.394 e. The van der Waals surface area contributed by atoms with E-state index in [-0.39, 0.29) is 6.61 Å². The lowest BCUT2D eigenvalue weighted by atomic mass is 10.3. The fraction of sp³-hybridized carbons (Fsp3) is 0.250. The van der Waals surface area contributed by atoms with E-state index in [1.807, 2.05) is 0 Å². The maximum Gasteiger partial charge on any atom is 0.170 e. The highest BCUT2D eigenvalue weighted by molar-refractivity contribution is 6.30. The number of aromatic nitrogens is 3. The van der Waals surface area contributed by atoms with Crippen molar-refractivity contribution in [2.75, 3.05) is 6.61 Å². The molecule has 1 unspecified atom stereocenters. The first-order valence-corrected chi connectivity index (χ1v) is 4.47. The standard InChI is InChI=1S/C8H9ClN4O/c9-5-1-2-13-7(3-5)11-8(12-13)6(10)4-14/h1-3,6,14H,4,10H2. The first-order valence-electron chi connectivity index (χ1n) is 4.09. The summed E-state index contributed by atoms with van der Waals surface area (Å²) in [6.07, 6.45) is 1.69. The van der Waals surface area contributed by atoms with Gasteiger partial charge in [0.05, 0.1) is 12.6 Å². The van der Waals surface area contributed by atoms with Gasteiger partial charge in [0, 0.05) is 17.3 Å². The number of halogens is 1. The average molecular weight is 213 g/mol. The largest absolute Gasteiger partial charge is 0.394 e. The summed E-state index contributed by atoms with van der Waals surface area (Å²) < 4.78 is 1.57. The molecule has 0 saturated heterocycles. The highest BCUT2D eigenvalue weighted by atomic mass is 35.5. The minimum absolute atomic E-state index is 0.176. The second-order valence-electron chi connectivity index (χ2n) is 2.91. The predicted octanol–water partition coefficient (Wildman–Crippen LogP) is 0.375. The first kappa shape index (κ1) is 9.39. The van der Waals surface area contributed by atoms with Gasteiger partial charge in [-0.25, -0.2) is 9.50 Å². The molecule has 2 aromatic heterocycles. The Bertz CT molecular complexity index is 456. The fourth-order valence-electron chi connectivity index (χ4n) is 1.11. The van der Waals surface area contributed by atoms with E-state index >= 15 is 0 Å². The Labute approximate surface area is 85.1 Å². The highest BCUT2D eigenvalue weighted by Gasteiger charge is 2.10. The summed E-state index contributed by atoms with van der Waals surface area (Å²) in [7, 11) is 0. The van der Waals surface area contributed by atoms with Gasteiger partial charge in [-0.2, -0.15) is 0 Å². The van der Waals surface area contributed by atoms with Crippen molar-refractivity contribution in [3.63, 3.8) is 0 Å². The van der Waals surface area contributed by atoms with Crippen LogP contribution in [0.5, 0.6) is 0 Å². The Balaban J connectivity index is 2.51. The summed E-state index contributed by atoms with van der Waals surface area (Å²) in [6, 6.07) is 2.84. The first-order chi connectivity index (χ1) is 6.70. The number of rotatable bonds is 2. The van der Waals surface area contributed by atoms with Crippen molar-refractivity contribution < 1.29 is 5.11 Å². The van der Waals surface area contributed by atoms with E-state index in [2.05, 4.69) is 10.1 Å². The normalized spacial score (nSPS) is 13.4. The number of pyridine rings is 1. The quantitative estimate of drug-likeness (QED) is 0.755. The van der Waals surface area contributed by atoms with Crippen LogP contribution in [0.1, 0.15) is 11.9 Å². The SMILES string of the molecule is NC(CO)c1nc2cc(Cl)ccn2n1. The molecule has 2 heterocycles. The van der Waals surface area contributed by atoms with E-state index in [0.29, 0.717) is 16.5 Å². The molecule has 0 spiro atoms. The van der Waals surface area contributed by atoms with Crippen LogP contribution in [-0.4, -0.2) is 26.3 Å². The molecule has 0 bridgehead atoms. The molecule has 0 aliphatic heterocycles. The molecular weight excluding hydrogens is 204 g/mol. The summed E-state index contributed by atoms with van der Waals surface area (Å²) in [5, 5.41) is 13.5. The van der Waals surface area contributed by atoms with Gasteiger partial charge in [0.2, 0.25) is 0 Å². The maximum absolute atomic E-state index is 8.83. The Morgan fingerprint density at radius 1 is 1.64 bits per heavy atom. The summed E-state index contributed by atoms with van der Waals surface area (Å²) in [6.45, 7) is -0.176. The molecule has 74 valence electrons. The van der Waals surface area contributed by atoms with Gasteiger partial charge in [-0.3, -0.25) is 0 Å². The molecule has 2 rings (SSSR count). The number of aliphatic hydroxyl groups excluding tert-OH is 1. The van der Waals surface area contributed by atoms with Gasteiger partial charge in [-0.05, 0) is 6.07 Å². The van der Waals surface area contributed by atoms with Crippen molar-refractivity contribution in [3.8, 4) is 0 Å². The van der Waals surface area contributed by atoms with E-state index < -0.39 is 6.04 Å². The van der Waals surface area contributed by atoms with Crippen LogP contribution in [0.2, 0.25) is 5.02 Å². The van der Waals surface area contributed by atoms with Crippen molar-refractivity contribution in [2.45, 2.75) is 6.04 Å². The second-order valence-corrected chi connectivity index (χ2v) is 3.34. The van der Waals surface area contributed by atoms with Crippen LogP contribution in [0.15, 0.2) is 18.3 Å².